The summed E-state index contributed by atoms with van der Waals surface area (Å²) in [7, 11) is 1.34. The van der Waals surface area contributed by atoms with Gasteiger partial charge in [0.2, 0.25) is 0 Å². The minimum Gasteiger partial charge on any atom is -0.465 e. The number of esters is 2. The highest BCUT2D eigenvalue weighted by atomic mass is 16.5. The molecule has 0 saturated carbocycles. The summed E-state index contributed by atoms with van der Waals surface area (Å²) in [6.45, 7) is 4.43. The summed E-state index contributed by atoms with van der Waals surface area (Å²) in [4.78, 5) is 22.7. The lowest BCUT2D eigenvalue weighted by Crippen LogP contribution is -2.38. The number of nitrogens with zero attached hydrogens (tertiary/aromatic N) is 2. The number of imidazole rings is 1. The second-order valence-electron chi connectivity index (χ2n) is 5.11. The quantitative estimate of drug-likeness (QED) is 0.622. The first-order chi connectivity index (χ1) is 11.0. The predicted molar refractivity (Wildman–Crippen MR) is 81.9 cm³/mol. The van der Waals surface area contributed by atoms with Crippen molar-refractivity contribution in [2.45, 2.75) is 26.9 Å². The van der Waals surface area contributed by atoms with Crippen LogP contribution in [0, 0.1) is 6.92 Å². The molecule has 0 fully saturated rings. The van der Waals surface area contributed by atoms with Crippen LogP contribution in [0.15, 0.2) is 18.2 Å². The number of hydrogen-bond donors (Lipinski definition) is 1. The third-order valence-electron chi connectivity index (χ3n) is 3.70. The molecule has 2 aromatic rings. The minimum absolute atomic E-state index is 0.00726. The zero-order valence-electron chi connectivity index (χ0n) is 13.5. The number of hydrogen-bond acceptors (Lipinski definition) is 5. The van der Waals surface area contributed by atoms with Crippen molar-refractivity contribution in [3.05, 3.63) is 29.6 Å². The molecule has 0 atom stereocenters. The van der Waals surface area contributed by atoms with Gasteiger partial charge in [-0.3, -0.25) is 4.79 Å². The van der Waals surface area contributed by atoms with E-state index in [-0.39, 0.29) is 19.2 Å². The molecule has 0 unspecified atom stereocenters. The number of aliphatic hydroxyl groups excluding tert-OH is 1. The fourth-order valence-corrected chi connectivity index (χ4v) is 2.65. The van der Waals surface area contributed by atoms with Crippen molar-refractivity contribution in [2.24, 2.45) is 0 Å². The van der Waals surface area contributed by atoms with E-state index in [1.165, 1.54) is 14.0 Å². The van der Waals surface area contributed by atoms with Crippen LogP contribution in [0.1, 0.15) is 23.1 Å². The molecule has 23 heavy (non-hydrogen) atoms. The summed E-state index contributed by atoms with van der Waals surface area (Å²) in [5, 5.41) is 9.27. The lowest BCUT2D eigenvalue weighted by molar-refractivity contribution is -0.679. The van der Waals surface area contributed by atoms with Gasteiger partial charge in [0.05, 0.1) is 19.3 Å². The summed E-state index contributed by atoms with van der Waals surface area (Å²) in [5.74, 6) is 0.159. The number of benzene rings is 1. The highest BCUT2D eigenvalue weighted by Crippen LogP contribution is 2.17. The largest absolute Gasteiger partial charge is 0.465 e. The molecule has 0 aliphatic rings. The second-order valence-corrected chi connectivity index (χ2v) is 5.11. The summed E-state index contributed by atoms with van der Waals surface area (Å²) in [6, 6.07) is 5.26. The highest BCUT2D eigenvalue weighted by molar-refractivity contribution is 5.93. The smallest absolute Gasteiger partial charge is 0.338 e. The van der Waals surface area contributed by atoms with Crippen LogP contribution in [0.3, 0.4) is 0 Å². The molecule has 0 radical (unpaired) electrons. The van der Waals surface area contributed by atoms with Gasteiger partial charge in [-0.15, -0.1) is 0 Å². The molecule has 1 aromatic heterocycles. The molecule has 0 amide bonds. The molecule has 1 aromatic carbocycles. The second kappa shape index (κ2) is 7.23. The van der Waals surface area contributed by atoms with E-state index in [1.807, 2.05) is 22.1 Å². The van der Waals surface area contributed by atoms with E-state index in [0.717, 1.165) is 16.9 Å². The Labute approximate surface area is 134 Å². The van der Waals surface area contributed by atoms with Crippen molar-refractivity contribution in [1.29, 1.82) is 0 Å². The Kier molecular flexibility index (Phi) is 5.33. The van der Waals surface area contributed by atoms with Crippen molar-refractivity contribution < 1.29 is 28.7 Å². The standard InChI is InChI=1S/C16H21N2O5/c1-11-17(6-8-19)14-5-4-13(16(21)22-3)10-15(14)18(11)7-9-23-12(2)20/h4-5,10,19H,6-9H2,1-3H3/q+1. The predicted octanol–water partition coefficient (Wildman–Crippen LogP) is 0.579. The van der Waals surface area contributed by atoms with Crippen LogP contribution in [0.25, 0.3) is 11.0 Å². The Balaban J connectivity index is 2.50. The third-order valence-corrected chi connectivity index (χ3v) is 3.70. The van der Waals surface area contributed by atoms with Crippen LogP contribution in [-0.2, 0) is 27.4 Å². The zero-order chi connectivity index (χ0) is 17.0. The number of rotatable bonds is 6. The monoisotopic (exact) mass is 321 g/mol. The molecule has 0 saturated heterocycles. The topological polar surface area (TPSA) is 81.6 Å². The third kappa shape index (κ3) is 3.50. The molecule has 7 heteroatoms. The normalized spacial score (nSPS) is 10.8. The molecular weight excluding hydrogens is 300 g/mol. The van der Waals surface area contributed by atoms with Gasteiger partial charge in [0.15, 0.2) is 11.0 Å². The molecule has 0 aliphatic heterocycles. The van der Waals surface area contributed by atoms with E-state index in [4.69, 9.17) is 9.47 Å². The van der Waals surface area contributed by atoms with Crippen LogP contribution in [0.4, 0.5) is 0 Å². The summed E-state index contributed by atoms with van der Waals surface area (Å²) in [5.41, 5.74) is 2.17. The molecule has 0 bridgehead atoms. The molecule has 2 rings (SSSR count). The van der Waals surface area contributed by atoms with Gasteiger partial charge in [0, 0.05) is 19.9 Å². The summed E-state index contributed by atoms with van der Waals surface area (Å²) in [6.07, 6.45) is 0. The lowest BCUT2D eigenvalue weighted by Gasteiger charge is -2.02. The number of carbonyl (C=O) groups excluding carboxylic acids is 2. The van der Waals surface area contributed by atoms with Crippen LogP contribution >= 0.6 is 0 Å². The van der Waals surface area contributed by atoms with Gasteiger partial charge in [-0.25, -0.2) is 13.9 Å². The van der Waals surface area contributed by atoms with Gasteiger partial charge in [0.25, 0.3) is 5.82 Å². The van der Waals surface area contributed by atoms with Crippen LogP contribution < -0.4 is 4.57 Å². The van der Waals surface area contributed by atoms with E-state index < -0.39 is 5.97 Å². The van der Waals surface area contributed by atoms with Gasteiger partial charge >= 0.3 is 11.9 Å². The van der Waals surface area contributed by atoms with Crippen LogP contribution in [-0.4, -0.2) is 41.9 Å². The number of aliphatic hydroxyl groups is 1. The molecule has 1 heterocycles. The van der Waals surface area contributed by atoms with Gasteiger partial charge in [0.1, 0.15) is 19.7 Å². The fourth-order valence-electron chi connectivity index (χ4n) is 2.65. The molecule has 7 nitrogen and oxygen atoms in total. The number of ether oxygens (including phenoxy) is 2. The Hall–Kier alpha value is -2.41. The molecular formula is C16H21N2O5+. The Morgan fingerprint density at radius 3 is 2.70 bits per heavy atom. The first-order valence-corrected chi connectivity index (χ1v) is 7.34. The maximum Gasteiger partial charge on any atom is 0.338 e. The molecule has 0 spiro atoms. The fraction of sp³-hybridized carbons (Fsp3) is 0.438. The van der Waals surface area contributed by atoms with Gasteiger partial charge in [-0.05, 0) is 12.1 Å². The number of aromatic nitrogens is 2. The first-order valence-electron chi connectivity index (χ1n) is 7.34. The van der Waals surface area contributed by atoms with Crippen LogP contribution in [0.2, 0.25) is 0 Å². The van der Waals surface area contributed by atoms with Crippen molar-refractivity contribution in [2.75, 3.05) is 20.3 Å². The molecule has 1 N–H and O–H groups in total. The first kappa shape index (κ1) is 17.0. The van der Waals surface area contributed by atoms with E-state index in [2.05, 4.69) is 0 Å². The van der Waals surface area contributed by atoms with Crippen molar-refractivity contribution in [3.8, 4) is 0 Å². The average molecular weight is 321 g/mol. The van der Waals surface area contributed by atoms with Crippen molar-refractivity contribution in [3.63, 3.8) is 0 Å². The number of methoxy groups -OCH3 is 1. The van der Waals surface area contributed by atoms with E-state index in [0.29, 0.717) is 18.7 Å². The molecule has 0 aliphatic carbocycles. The minimum atomic E-state index is -0.411. The highest BCUT2D eigenvalue weighted by Gasteiger charge is 2.23. The Morgan fingerprint density at radius 2 is 2.09 bits per heavy atom. The number of carbonyl (C=O) groups is 2. The van der Waals surface area contributed by atoms with Crippen molar-refractivity contribution >= 4 is 23.0 Å². The summed E-state index contributed by atoms with van der Waals surface area (Å²) >= 11 is 0. The average Bonchev–Trinajstić information content (AvgIpc) is 2.79. The lowest BCUT2D eigenvalue weighted by atomic mass is 10.2. The van der Waals surface area contributed by atoms with Gasteiger partial charge in [-0.2, -0.15) is 0 Å². The maximum atomic E-state index is 11.7. The van der Waals surface area contributed by atoms with Crippen LogP contribution in [0.5, 0.6) is 0 Å². The SMILES string of the molecule is COC(=O)c1ccc2c(c1)n(CCOC(C)=O)c(C)[n+]2CCO. The Bertz CT molecular complexity index is 736. The van der Waals surface area contributed by atoms with Gasteiger partial charge in [-0.1, -0.05) is 0 Å². The van der Waals surface area contributed by atoms with E-state index >= 15 is 0 Å². The maximum absolute atomic E-state index is 11.7. The Morgan fingerprint density at radius 1 is 1.35 bits per heavy atom. The summed E-state index contributed by atoms with van der Waals surface area (Å²) < 4.78 is 13.7. The van der Waals surface area contributed by atoms with Crippen molar-refractivity contribution in [1.82, 2.24) is 4.57 Å². The van der Waals surface area contributed by atoms with E-state index in [1.54, 1.807) is 12.1 Å². The number of fused-ring (bicyclic) bond motifs is 1. The van der Waals surface area contributed by atoms with Gasteiger partial charge < -0.3 is 14.6 Å². The zero-order valence-corrected chi connectivity index (χ0v) is 13.5. The van der Waals surface area contributed by atoms with E-state index in [9.17, 15) is 14.7 Å². The molecule has 124 valence electrons.